The first-order valence-corrected chi connectivity index (χ1v) is 11.9. The van der Waals surface area contributed by atoms with Crippen molar-refractivity contribution >= 4 is 34.9 Å². The highest BCUT2D eigenvalue weighted by molar-refractivity contribution is 7.97. The van der Waals surface area contributed by atoms with E-state index in [2.05, 4.69) is 0 Å². The highest BCUT2D eigenvalue weighted by Crippen LogP contribution is 2.66. The number of benzene rings is 3. The molecule has 0 aliphatic heterocycles. The van der Waals surface area contributed by atoms with E-state index in [-0.39, 0.29) is 0 Å². The van der Waals surface area contributed by atoms with E-state index in [0.717, 1.165) is 15.9 Å². The summed E-state index contributed by atoms with van der Waals surface area (Å²) in [4.78, 5) is 21.5. The van der Waals surface area contributed by atoms with Crippen molar-refractivity contribution in [1.82, 2.24) is 0 Å². The highest BCUT2D eigenvalue weighted by atomic mass is 31.2. The Balaban J connectivity index is 0.000000540. The van der Waals surface area contributed by atoms with Crippen LogP contribution in [0.1, 0.15) is 13.8 Å². The van der Waals surface area contributed by atoms with Crippen LogP contribution in [0.2, 0.25) is 0 Å². The van der Waals surface area contributed by atoms with Crippen molar-refractivity contribution in [3.05, 3.63) is 91.0 Å². The van der Waals surface area contributed by atoms with Gasteiger partial charge in [-0.3, -0.25) is 4.79 Å². The normalized spacial score (nSPS) is 12.3. The lowest BCUT2D eigenvalue weighted by atomic mass is 10.1. The average Bonchev–Trinajstić information content (AvgIpc) is 2.80. The summed E-state index contributed by atoms with van der Waals surface area (Å²) in [5.74, 6) is -4.71. The molecule has 0 saturated carbocycles. The van der Waals surface area contributed by atoms with E-state index >= 15 is 0 Å². The van der Waals surface area contributed by atoms with Crippen LogP contribution in [0.4, 0.5) is 26.3 Å². The van der Waals surface area contributed by atoms with Gasteiger partial charge in [0, 0.05) is 0 Å². The standard InChI is InChI=1S/C23H21F3OP.C2HF3O2/c1-22(2,21(27)23(24,25)26)28(18-12-6-3-7-13-18,19-14-8-4-9-15-19)20-16-10-5-11-17-20;3-2(4,5)1(6)7/h3-17H,1-2H3;(H,6,7)/q+1;/p-1. The van der Waals surface area contributed by atoms with Crippen LogP contribution in [0.15, 0.2) is 91.0 Å². The third-order valence-electron chi connectivity index (χ3n) is 5.31. The molecule has 0 heterocycles. The summed E-state index contributed by atoms with van der Waals surface area (Å²) in [6.45, 7) is 2.87. The molecule has 0 fully saturated rings. The molecule has 0 atom stereocenters. The van der Waals surface area contributed by atoms with Crippen molar-refractivity contribution in [2.24, 2.45) is 0 Å². The molecule has 0 radical (unpaired) electrons. The molecule has 0 saturated heterocycles. The summed E-state index contributed by atoms with van der Waals surface area (Å²) in [7, 11) is -2.98. The Kier molecular flexibility index (Phi) is 8.50. The van der Waals surface area contributed by atoms with Gasteiger partial charge in [-0.25, -0.2) is 0 Å². The topological polar surface area (TPSA) is 57.2 Å². The molecule has 3 aromatic carbocycles. The smallest absolute Gasteiger partial charge is 0.454 e. The summed E-state index contributed by atoms with van der Waals surface area (Å²) >= 11 is 0. The molecule has 0 aromatic heterocycles. The third-order valence-corrected chi connectivity index (χ3v) is 10.4. The summed E-state index contributed by atoms with van der Waals surface area (Å²) in [6, 6.07) is 27.3. The second-order valence-corrected chi connectivity index (χ2v) is 11.9. The molecule has 3 nitrogen and oxygen atoms in total. The zero-order chi connectivity index (χ0) is 26.5. The van der Waals surface area contributed by atoms with Gasteiger partial charge in [-0.1, -0.05) is 54.6 Å². The lowest BCUT2D eigenvalue weighted by Gasteiger charge is -2.39. The molecule has 0 unspecified atom stereocenters. The number of hydrogen-bond donors (Lipinski definition) is 0. The first-order valence-electron chi connectivity index (χ1n) is 10.1. The monoisotopic (exact) mass is 514 g/mol. The maximum atomic E-state index is 13.7. The van der Waals surface area contributed by atoms with Gasteiger partial charge >= 0.3 is 12.4 Å². The summed E-state index contributed by atoms with van der Waals surface area (Å²) in [5, 5.41) is 9.34. The molecule has 186 valence electrons. The van der Waals surface area contributed by atoms with Crippen molar-refractivity contribution in [2.75, 3.05) is 0 Å². The van der Waals surface area contributed by atoms with Crippen molar-refractivity contribution in [3.63, 3.8) is 0 Å². The number of rotatable bonds is 5. The zero-order valence-corrected chi connectivity index (χ0v) is 19.5. The van der Waals surface area contributed by atoms with E-state index in [9.17, 15) is 31.1 Å². The Labute approximate surface area is 198 Å². The molecule has 0 bridgehead atoms. The number of hydrogen-bond acceptors (Lipinski definition) is 3. The summed E-state index contributed by atoms with van der Waals surface area (Å²) in [6.07, 6.45) is -10.1. The van der Waals surface area contributed by atoms with E-state index < -0.39 is 36.5 Å². The van der Waals surface area contributed by atoms with Crippen LogP contribution in [0, 0.1) is 0 Å². The number of carbonyl (C=O) groups excluding carboxylic acids is 2. The Morgan fingerprint density at radius 3 is 1.06 bits per heavy atom. The first-order chi connectivity index (χ1) is 16.2. The average molecular weight is 514 g/mol. The van der Waals surface area contributed by atoms with Crippen LogP contribution in [0.3, 0.4) is 0 Å². The maximum Gasteiger partial charge on any atom is 0.454 e. The molecular formula is C25H21F6O3P. The largest absolute Gasteiger partial charge is 0.542 e. The lowest BCUT2D eigenvalue weighted by Crippen LogP contribution is -2.52. The van der Waals surface area contributed by atoms with Crippen LogP contribution < -0.4 is 21.0 Å². The number of carboxylic acid groups (broad SMARTS) is 1. The number of Topliss-reactive ketones (excluding diaryl/α,β-unsaturated/α-hetero) is 1. The number of alkyl halides is 6. The van der Waals surface area contributed by atoms with Gasteiger partial charge in [-0.15, -0.1) is 0 Å². The van der Waals surface area contributed by atoms with Crippen molar-refractivity contribution in [2.45, 2.75) is 31.4 Å². The molecule has 0 N–H and O–H groups in total. The fourth-order valence-corrected chi connectivity index (χ4v) is 8.99. The van der Waals surface area contributed by atoms with E-state index in [1.54, 1.807) is 0 Å². The van der Waals surface area contributed by atoms with Gasteiger partial charge in [-0.2, -0.15) is 26.3 Å². The van der Waals surface area contributed by atoms with Crippen molar-refractivity contribution in [3.8, 4) is 0 Å². The van der Waals surface area contributed by atoms with E-state index in [1.807, 2.05) is 91.0 Å². The number of ketones is 1. The van der Waals surface area contributed by atoms with Crippen LogP contribution in [-0.4, -0.2) is 29.3 Å². The fraction of sp³-hybridized carbons (Fsp3) is 0.200. The van der Waals surface area contributed by atoms with Gasteiger partial charge in [0.25, 0.3) is 5.78 Å². The number of halogens is 6. The fourth-order valence-electron chi connectivity index (χ4n) is 3.87. The highest BCUT2D eigenvalue weighted by Gasteiger charge is 2.66. The number of aliphatic carboxylic acids is 1. The van der Waals surface area contributed by atoms with E-state index in [1.165, 1.54) is 13.8 Å². The Morgan fingerprint density at radius 2 is 0.857 bits per heavy atom. The Morgan fingerprint density at radius 1 is 0.600 bits per heavy atom. The number of carboxylic acids is 1. The second kappa shape index (κ2) is 10.6. The van der Waals surface area contributed by atoms with Crippen LogP contribution >= 0.6 is 7.26 Å². The van der Waals surface area contributed by atoms with Gasteiger partial charge in [0.15, 0.2) is 5.16 Å². The molecule has 10 heteroatoms. The zero-order valence-electron chi connectivity index (χ0n) is 18.6. The quantitative estimate of drug-likeness (QED) is 0.379. The first kappa shape index (κ1) is 28.1. The minimum absolute atomic E-state index is 0.745. The second-order valence-electron chi connectivity index (χ2n) is 7.85. The predicted octanol–water partition coefficient (Wildman–Crippen LogP) is 4.19. The van der Waals surface area contributed by atoms with E-state index in [4.69, 9.17) is 9.90 Å². The summed E-state index contributed by atoms with van der Waals surface area (Å²) in [5.41, 5.74) is 0. The lowest BCUT2D eigenvalue weighted by molar-refractivity contribution is -0.344. The van der Waals surface area contributed by atoms with Gasteiger partial charge in [-0.05, 0) is 50.2 Å². The maximum absolute atomic E-state index is 13.7. The molecular weight excluding hydrogens is 493 g/mol. The minimum atomic E-state index is -5.19. The van der Waals surface area contributed by atoms with Crippen molar-refractivity contribution in [1.29, 1.82) is 0 Å². The molecule has 0 aliphatic carbocycles. The molecule has 3 rings (SSSR count). The SMILES string of the molecule is CC(C)(C(=O)C(F)(F)F)[P+](c1ccccc1)(c1ccccc1)c1ccccc1.O=C([O-])C(F)(F)F. The van der Waals surface area contributed by atoms with Gasteiger partial charge in [0.1, 0.15) is 29.1 Å². The molecule has 3 aromatic rings. The third kappa shape index (κ3) is 5.90. The molecule has 35 heavy (non-hydrogen) atoms. The van der Waals surface area contributed by atoms with Crippen molar-refractivity contribution < 1.29 is 41.0 Å². The van der Waals surface area contributed by atoms with E-state index in [0.29, 0.717) is 0 Å². The summed E-state index contributed by atoms with van der Waals surface area (Å²) < 4.78 is 72.6. The molecule has 0 amide bonds. The van der Waals surface area contributed by atoms with Gasteiger partial charge in [0.05, 0.1) is 0 Å². The number of carbonyl (C=O) groups is 2. The van der Waals surface area contributed by atoms with Crippen LogP contribution in [0.5, 0.6) is 0 Å². The van der Waals surface area contributed by atoms with Gasteiger partial charge in [0.2, 0.25) is 0 Å². The Hall–Kier alpha value is -3.19. The van der Waals surface area contributed by atoms with Crippen LogP contribution in [0.25, 0.3) is 0 Å². The van der Waals surface area contributed by atoms with Gasteiger partial charge < -0.3 is 9.90 Å². The predicted molar refractivity (Wildman–Crippen MR) is 121 cm³/mol. The molecule has 0 aliphatic rings. The minimum Gasteiger partial charge on any atom is -0.542 e. The Bertz CT molecular complexity index is 1030. The molecule has 0 spiro atoms. The van der Waals surface area contributed by atoms with Crippen LogP contribution in [-0.2, 0) is 9.59 Å².